The average Bonchev–Trinajstić information content (AvgIpc) is 2.03. The van der Waals surface area contributed by atoms with Crippen molar-refractivity contribution in [3.8, 4) is 0 Å². The van der Waals surface area contributed by atoms with Crippen LogP contribution in [0.25, 0.3) is 0 Å². The fourth-order valence-corrected chi connectivity index (χ4v) is 0.852. The molecule has 1 amide bonds. The van der Waals surface area contributed by atoms with Gasteiger partial charge in [0, 0.05) is 19.0 Å². The quantitative estimate of drug-likeness (QED) is 0.524. The molecular formula is C8H18N2O2. The first-order chi connectivity index (χ1) is 5.61. The number of aliphatic hydroxyl groups excluding tert-OH is 1. The molecule has 72 valence electrons. The molecule has 0 spiro atoms. The normalized spacial score (nSPS) is 15.3. The highest BCUT2D eigenvalue weighted by atomic mass is 16.3. The van der Waals surface area contributed by atoms with Gasteiger partial charge in [0.05, 0.1) is 6.10 Å². The third kappa shape index (κ3) is 4.31. The van der Waals surface area contributed by atoms with E-state index in [1.165, 1.54) is 0 Å². The van der Waals surface area contributed by atoms with Crippen LogP contribution in [0.5, 0.6) is 0 Å². The van der Waals surface area contributed by atoms with Crippen LogP contribution in [0.15, 0.2) is 0 Å². The lowest BCUT2D eigenvalue weighted by Crippen LogP contribution is -2.38. The van der Waals surface area contributed by atoms with Gasteiger partial charge in [-0.25, -0.2) is 0 Å². The molecule has 0 aliphatic rings. The van der Waals surface area contributed by atoms with E-state index in [2.05, 4.69) is 5.32 Å². The predicted molar refractivity (Wildman–Crippen MR) is 47.5 cm³/mol. The van der Waals surface area contributed by atoms with Gasteiger partial charge in [0.25, 0.3) is 0 Å². The molecule has 2 atom stereocenters. The zero-order chi connectivity index (χ0) is 9.56. The minimum atomic E-state index is -0.496. The number of amides is 1. The van der Waals surface area contributed by atoms with E-state index in [0.29, 0.717) is 13.1 Å². The van der Waals surface area contributed by atoms with Crippen molar-refractivity contribution in [2.24, 2.45) is 11.7 Å². The fourth-order valence-electron chi connectivity index (χ4n) is 0.852. The first-order valence-electron chi connectivity index (χ1n) is 4.27. The highest BCUT2D eigenvalue weighted by Gasteiger charge is 2.13. The molecule has 12 heavy (non-hydrogen) atoms. The summed E-state index contributed by atoms with van der Waals surface area (Å²) in [4.78, 5) is 11.2. The Bertz CT molecular complexity index is 133. The number of aliphatic hydroxyl groups is 1. The van der Waals surface area contributed by atoms with Gasteiger partial charge in [0.1, 0.15) is 0 Å². The predicted octanol–water partition coefficient (Wildman–Crippen LogP) is -0.532. The van der Waals surface area contributed by atoms with Crippen molar-refractivity contribution < 1.29 is 9.90 Å². The van der Waals surface area contributed by atoms with Gasteiger partial charge in [0.2, 0.25) is 5.91 Å². The van der Waals surface area contributed by atoms with Crippen molar-refractivity contribution in [2.75, 3.05) is 13.1 Å². The maximum atomic E-state index is 11.2. The molecule has 0 aliphatic heterocycles. The van der Waals surface area contributed by atoms with Crippen LogP contribution in [0.2, 0.25) is 0 Å². The Kier molecular flexibility index (Phi) is 5.66. The second-order valence-corrected chi connectivity index (χ2v) is 2.94. The molecule has 0 aromatic heterocycles. The van der Waals surface area contributed by atoms with E-state index in [0.717, 1.165) is 6.42 Å². The summed E-state index contributed by atoms with van der Waals surface area (Å²) in [7, 11) is 0. The van der Waals surface area contributed by atoms with Crippen molar-refractivity contribution in [3.63, 3.8) is 0 Å². The van der Waals surface area contributed by atoms with Gasteiger partial charge < -0.3 is 16.2 Å². The molecule has 0 aliphatic carbocycles. The van der Waals surface area contributed by atoms with Gasteiger partial charge in [-0.3, -0.25) is 4.79 Å². The van der Waals surface area contributed by atoms with Crippen LogP contribution >= 0.6 is 0 Å². The van der Waals surface area contributed by atoms with Gasteiger partial charge in [-0.05, 0) is 13.3 Å². The maximum absolute atomic E-state index is 11.2. The Balaban J connectivity index is 3.69. The Labute approximate surface area is 73.1 Å². The summed E-state index contributed by atoms with van der Waals surface area (Å²) in [6.45, 7) is 4.21. The SMILES string of the molecule is CCC(CN)C(=O)NCC(C)O. The lowest BCUT2D eigenvalue weighted by atomic mass is 10.1. The van der Waals surface area contributed by atoms with Gasteiger partial charge >= 0.3 is 0 Å². The molecule has 0 rings (SSSR count). The maximum Gasteiger partial charge on any atom is 0.224 e. The number of hydrogen-bond donors (Lipinski definition) is 3. The minimum Gasteiger partial charge on any atom is -0.392 e. The molecule has 0 saturated heterocycles. The molecule has 0 fully saturated rings. The second-order valence-electron chi connectivity index (χ2n) is 2.94. The molecule has 0 aromatic rings. The second kappa shape index (κ2) is 5.97. The number of carbonyl (C=O) groups is 1. The van der Waals surface area contributed by atoms with Crippen LogP contribution in [0.3, 0.4) is 0 Å². The third-order valence-electron chi connectivity index (χ3n) is 1.72. The van der Waals surface area contributed by atoms with Crippen molar-refractivity contribution in [3.05, 3.63) is 0 Å². The van der Waals surface area contributed by atoms with E-state index < -0.39 is 6.10 Å². The zero-order valence-corrected chi connectivity index (χ0v) is 7.71. The van der Waals surface area contributed by atoms with Crippen molar-refractivity contribution >= 4 is 5.91 Å². The Hall–Kier alpha value is -0.610. The summed E-state index contributed by atoms with van der Waals surface area (Å²) >= 11 is 0. The fraction of sp³-hybridized carbons (Fsp3) is 0.875. The Morgan fingerprint density at radius 1 is 1.67 bits per heavy atom. The van der Waals surface area contributed by atoms with Gasteiger partial charge in [-0.2, -0.15) is 0 Å². The van der Waals surface area contributed by atoms with E-state index in [4.69, 9.17) is 10.8 Å². The summed E-state index contributed by atoms with van der Waals surface area (Å²) in [5.74, 6) is -0.190. The van der Waals surface area contributed by atoms with Crippen LogP contribution in [0.4, 0.5) is 0 Å². The lowest BCUT2D eigenvalue weighted by Gasteiger charge is -2.13. The molecule has 0 saturated carbocycles. The monoisotopic (exact) mass is 174 g/mol. The summed E-state index contributed by atoms with van der Waals surface area (Å²) in [5.41, 5.74) is 5.37. The number of rotatable bonds is 5. The van der Waals surface area contributed by atoms with Crippen LogP contribution in [-0.2, 0) is 4.79 Å². The van der Waals surface area contributed by atoms with Crippen LogP contribution in [-0.4, -0.2) is 30.2 Å². The van der Waals surface area contributed by atoms with Crippen LogP contribution in [0, 0.1) is 5.92 Å². The van der Waals surface area contributed by atoms with Crippen molar-refractivity contribution in [1.29, 1.82) is 0 Å². The largest absolute Gasteiger partial charge is 0.392 e. The van der Waals surface area contributed by atoms with Crippen LogP contribution in [0.1, 0.15) is 20.3 Å². The highest BCUT2D eigenvalue weighted by Crippen LogP contribution is 1.98. The molecule has 0 heterocycles. The summed E-state index contributed by atoms with van der Waals surface area (Å²) in [6, 6.07) is 0. The van der Waals surface area contributed by atoms with E-state index in [-0.39, 0.29) is 11.8 Å². The molecular weight excluding hydrogens is 156 g/mol. The zero-order valence-electron chi connectivity index (χ0n) is 7.71. The van der Waals surface area contributed by atoms with Crippen molar-refractivity contribution in [1.82, 2.24) is 5.32 Å². The number of nitrogens with one attached hydrogen (secondary N) is 1. The van der Waals surface area contributed by atoms with E-state index in [1.54, 1.807) is 6.92 Å². The smallest absolute Gasteiger partial charge is 0.224 e. The van der Waals surface area contributed by atoms with Crippen LogP contribution < -0.4 is 11.1 Å². The Morgan fingerprint density at radius 3 is 2.58 bits per heavy atom. The molecule has 0 radical (unpaired) electrons. The number of nitrogens with two attached hydrogens (primary N) is 1. The van der Waals surface area contributed by atoms with Gasteiger partial charge in [-0.15, -0.1) is 0 Å². The van der Waals surface area contributed by atoms with Gasteiger partial charge in [-0.1, -0.05) is 6.92 Å². The highest BCUT2D eigenvalue weighted by molar-refractivity contribution is 5.78. The number of hydrogen-bond acceptors (Lipinski definition) is 3. The first-order valence-corrected chi connectivity index (χ1v) is 4.27. The molecule has 4 heteroatoms. The topological polar surface area (TPSA) is 75.4 Å². The standard InChI is InChI=1S/C8H18N2O2/c1-3-7(4-9)8(12)10-5-6(2)11/h6-7,11H,3-5,9H2,1-2H3,(H,10,12). The molecule has 4 N–H and O–H groups in total. The minimum absolute atomic E-state index is 0.0686. The third-order valence-corrected chi connectivity index (χ3v) is 1.72. The van der Waals surface area contributed by atoms with E-state index >= 15 is 0 Å². The average molecular weight is 174 g/mol. The first kappa shape index (κ1) is 11.4. The summed E-state index contributed by atoms with van der Waals surface area (Å²) in [5, 5.41) is 11.5. The molecule has 0 bridgehead atoms. The Morgan fingerprint density at radius 2 is 2.25 bits per heavy atom. The number of carbonyl (C=O) groups excluding carboxylic acids is 1. The lowest BCUT2D eigenvalue weighted by molar-refractivity contribution is -0.125. The van der Waals surface area contributed by atoms with Gasteiger partial charge in [0.15, 0.2) is 0 Å². The summed E-state index contributed by atoms with van der Waals surface area (Å²) in [6.07, 6.45) is 0.242. The van der Waals surface area contributed by atoms with Crippen molar-refractivity contribution in [2.45, 2.75) is 26.4 Å². The molecule has 2 unspecified atom stereocenters. The summed E-state index contributed by atoms with van der Waals surface area (Å²) < 4.78 is 0. The molecule has 4 nitrogen and oxygen atoms in total. The van der Waals surface area contributed by atoms with E-state index in [9.17, 15) is 4.79 Å². The molecule has 0 aromatic carbocycles. The van der Waals surface area contributed by atoms with E-state index in [1.807, 2.05) is 6.92 Å².